The first-order valence-corrected chi connectivity index (χ1v) is 6.86. The highest BCUT2D eigenvalue weighted by atomic mass is 32.1. The molecule has 0 saturated carbocycles. The van der Waals surface area contributed by atoms with E-state index < -0.39 is 5.97 Å². The van der Waals surface area contributed by atoms with E-state index in [-0.39, 0.29) is 0 Å². The Morgan fingerprint density at radius 2 is 2.12 bits per heavy atom. The van der Waals surface area contributed by atoms with Crippen LogP contribution in [0, 0.1) is 0 Å². The quantitative estimate of drug-likeness (QED) is 0.850. The van der Waals surface area contributed by atoms with E-state index in [2.05, 4.69) is 30.7 Å². The van der Waals surface area contributed by atoms with Gasteiger partial charge in [0.1, 0.15) is 4.88 Å². The lowest BCUT2D eigenvalue weighted by molar-refractivity contribution is 0.0701. The van der Waals surface area contributed by atoms with Crippen LogP contribution in [0.3, 0.4) is 0 Å². The molecule has 0 fully saturated rings. The van der Waals surface area contributed by atoms with Gasteiger partial charge in [-0.15, -0.1) is 0 Å². The first kappa shape index (κ1) is 14.0. The van der Waals surface area contributed by atoms with Gasteiger partial charge in [-0.05, 0) is 26.7 Å². The second kappa shape index (κ2) is 6.00. The highest BCUT2D eigenvalue weighted by molar-refractivity contribution is 7.17. The Balaban J connectivity index is 3.09. The zero-order chi connectivity index (χ0) is 13.0. The van der Waals surface area contributed by atoms with E-state index in [0.717, 1.165) is 18.1 Å². The molecule has 1 N–H and O–H groups in total. The van der Waals surface area contributed by atoms with Crippen molar-refractivity contribution in [3.8, 4) is 0 Å². The molecule has 1 aromatic rings. The third kappa shape index (κ3) is 2.97. The van der Waals surface area contributed by atoms with Gasteiger partial charge in [-0.2, -0.15) is 0 Å². The second-order valence-electron chi connectivity index (χ2n) is 3.97. The molecule has 1 unspecified atom stereocenters. The summed E-state index contributed by atoms with van der Waals surface area (Å²) in [6, 6.07) is 0.387. The predicted octanol–water partition coefficient (Wildman–Crippen LogP) is 3.03. The van der Waals surface area contributed by atoms with E-state index in [0.29, 0.717) is 23.0 Å². The van der Waals surface area contributed by atoms with Crippen LogP contribution in [-0.4, -0.2) is 28.6 Å². The molecule has 1 heterocycles. The van der Waals surface area contributed by atoms with Crippen LogP contribution in [0.1, 0.15) is 49.5 Å². The van der Waals surface area contributed by atoms with Gasteiger partial charge >= 0.3 is 5.97 Å². The van der Waals surface area contributed by atoms with Crippen LogP contribution in [0.5, 0.6) is 0 Å². The van der Waals surface area contributed by atoms with Gasteiger partial charge in [-0.3, -0.25) is 0 Å². The minimum Gasteiger partial charge on any atom is -0.477 e. The fourth-order valence-electron chi connectivity index (χ4n) is 1.72. The van der Waals surface area contributed by atoms with Crippen molar-refractivity contribution in [1.82, 2.24) is 4.98 Å². The van der Waals surface area contributed by atoms with Crippen LogP contribution < -0.4 is 4.90 Å². The summed E-state index contributed by atoms with van der Waals surface area (Å²) >= 11 is 1.28. The predicted molar refractivity (Wildman–Crippen MR) is 71.2 cm³/mol. The Labute approximate surface area is 106 Å². The monoisotopic (exact) mass is 256 g/mol. The minimum absolute atomic E-state index is 0.379. The number of nitrogens with zero attached hydrogens (tertiary/aromatic N) is 2. The number of aryl methyl sites for hydroxylation is 1. The van der Waals surface area contributed by atoms with Crippen molar-refractivity contribution in [3.63, 3.8) is 0 Å². The minimum atomic E-state index is -0.870. The summed E-state index contributed by atoms with van der Waals surface area (Å²) in [6.07, 6.45) is 1.69. The normalized spacial score (nSPS) is 12.5. The van der Waals surface area contributed by atoms with Crippen LogP contribution in [-0.2, 0) is 6.42 Å². The molecule has 96 valence electrons. The maximum Gasteiger partial charge on any atom is 0.347 e. The lowest BCUT2D eigenvalue weighted by Gasteiger charge is -2.26. The second-order valence-corrected chi connectivity index (χ2v) is 4.95. The first-order valence-electron chi connectivity index (χ1n) is 6.04. The summed E-state index contributed by atoms with van der Waals surface area (Å²) in [6.45, 7) is 9.12. The number of hydrogen-bond acceptors (Lipinski definition) is 4. The van der Waals surface area contributed by atoms with Crippen molar-refractivity contribution in [2.75, 3.05) is 11.4 Å². The summed E-state index contributed by atoms with van der Waals surface area (Å²) in [5.74, 6) is -0.870. The molecule has 0 radical (unpaired) electrons. The Kier molecular flexibility index (Phi) is 4.93. The highest BCUT2D eigenvalue weighted by Gasteiger charge is 2.21. The van der Waals surface area contributed by atoms with Crippen molar-refractivity contribution in [3.05, 3.63) is 10.6 Å². The standard InChI is InChI=1S/C12H20N2O2S/c1-5-8(4)14(7-3)12-13-9(6-2)10(17-12)11(15)16/h8H,5-7H2,1-4H3,(H,15,16). The van der Waals surface area contributed by atoms with Gasteiger partial charge < -0.3 is 10.0 Å². The topological polar surface area (TPSA) is 53.4 Å². The van der Waals surface area contributed by atoms with Gasteiger partial charge in [-0.25, -0.2) is 9.78 Å². The lowest BCUT2D eigenvalue weighted by Crippen LogP contribution is -2.32. The molecule has 17 heavy (non-hydrogen) atoms. The fourth-order valence-corrected chi connectivity index (χ4v) is 2.88. The van der Waals surface area contributed by atoms with Gasteiger partial charge in [0.05, 0.1) is 5.69 Å². The molecular weight excluding hydrogens is 236 g/mol. The molecule has 0 spiro atoms. The Hall–Kier alpha value is -1.10. The molecule has 1 atom stereocenters. The summed E-state index contributed by atoms with van der Waals surface area (Å²) < 4.78 is 0. The number of aromatic carboxylic acids is 1. The zero-order valence-electron chi connectivity index (χ0n) is 10.9. The van der Waals surface area contributed by atoms with Crippen LogP contribution in [0.15, 0.2) is 0 Å². The van der Waals surface area contributed by atoms with E-state index >= 15 is 0 Å². The number of anilines is 1. The number of carboxylic acids is 1. The van der Waals surface area contributed by atoms with E-state index in [9.17, 15) is 4.79 Å². The van der Waals surface area contributed by atoms with E-state index in [1.807, 2.05) is 6.92 Å². The maximum atomic E-state index is 11.1. The number of hydrogen-bond donors (Lipinski definition) is 1. The van der Waals surface area contributed by atoms with E-state index in [1.54, 1.807) is 0 Å². The third-order valence-electron chi connectivity index (χ3n) is 2.92. The molecule has 1 aromatic heterocycles. The van der Waals surface area contributed by atoms with Gasteiger partial charge in [0.2, 0.25) is 0 Å². The molecule has 1 rings (SSSR count). The molecule has 0 aliphatic heterocycles. The van der Waals surface area contributed by atoms with Gasteiger partial charge in [0.25, 0.3) is 0 Å². The highest BCUT2D eigenvalue weighted by Crippen LogP contribution is 2.28. The lowest BCUT2D eigenvalue weighted by atomic mass is 10.2. The third-order valence-corrected chi connectivity index (χ3v) is 4.05. The Morgan fingerprint density at radius 3 is 2.47 bits per heavy atom. The van der Waals surface area contributed by atoms with E-state index in [4.69, 9.17) is 5.11 Å². The van der Waals surface area contributed by atoms with Crippen LogP contribution in [0.4, 0.5) is 5.13 Å². The Bertz CT molecular complexity index is 390. The van der Waals surface area contributed by atoms with E-state index in [1.165, 1.54) is 11.3 Å². The summed E-state index contributed by atoms with van der Waals surface area (Å²) in [5, 5.41) is 9.94. The largest absolute Gasteiger partial charge is 0.477 e. The molecule has 0 saturated heterocycles. The molecule has 0 aromatic carbocycles. The molecule has 0 amide bonds. The summed E-state index contributed by atoms with van der Waals surface area (Å²) in [5.41, 5.74) is 0.694. The number of carbonyl (C=O) groups is 1. The smallest absolute Gasteiger partial charge is 0.347 e. The average Bonchev–Trinajstić information content (AvgIpc) is 2.73. The Morgan fingerprint density at radius 1 is 1.47 bits per heavy atom. The number of rotatable bonds is 6. The van der Waals surface area contributed by atoms with Crippen molar-refractivity contribution in [2.24, 2.45) is 0 Å². The summed E-state index contributed by atoms with van der Waals surface area (Å²) in [7, 11) is 0. The SMILES string of the molecule is CCc1nc(N(CC)C(C)CC)sc1C(=O)O. The van der Waals surface area contributed by atoms with Crippen molar-refractivity contribution in [2.45, 2.75) is 46.6 Å². The average molecular weight is 256 g/mol. The molecule has 0 bridgehead atoms. The molecule has 4 nitrogen and oxygen atoms in total. The van der Waals surface area contributed by atoms with Crippen molar-refractivity contribution >= 4 is 22.4 Å². The first-order chi connectivity index (χ1) is 8.04. The number of aromatic nitrogens is 1. The molecule has 0 aliphatic rings. The van der Waals surface area contributed by atoms with Crippen molar-refractivity contribution in [1.29, 1.82) is 0 Å². The van der Waals surface area contributed by atoms with Gasteiger partial charge in [0.15, 0.2) is 5.13 Å². The van der Waals surface area contributed by atoms with Crippen LogP contribution in [0.2, 0.25) is 0 Å². The number of carboxylic acid groups (broad SMARTS) is 1. The van der Waals surface area contributed by atoms with Gasteiger partial charge in [-0.1, -0.05) is 25.2 Å². The number of thiazole rings is 1. The molecular formula is C12H20N2O2S. The molecule has 0 aliphatic carbocycles. The fraction of sp³-hybridized carbons (Fsp3) is 0.667. The van der Waals surface area contributed by atoms with Crippen LogP contribution >= 0.6 is 11.3 Å². The summed E-state index contributed by atoms with van der Waals surface area (Å²) in [4.78, 5) is 18.1. The van der Waals surface area contributed by atoms with Gasteiger partial charge in [0, 0.05) is 12.6 Å². The zero-order valence-corrected chi connectivity index (χ0v) is 11.7. The maximum absolute atomic E-state index is 11.1. The van der Waals surface area contributed by atoms with Crippen molar-refractivity contribution < 1.29 is 9.90 Å². The van der Waals surface area contributed by atoms with Crippen LogP contribution in [0.25, 0.3) is 0 Å². The molecule has 5 heteroatoms.